The van der Waals surface area contributed by atoms with Crippen LogP contribution in [0.25, 0.3) is 0 Å². The number of amides is 1. The Balaban J connectivity index is 2.64. The van der Waals surface area contributed by atoms with Gasteiger partial charge >= 0.3 is 0 Å². The highest BCUT2D eigenvalue weighted by molar-refractivity contribution is 7.88. The Bertz CT molecular complexity index is 396. The van der Waals surface area contributed by atoms with Crippen molar-refractivity contribution in [1.82, 2.24) is 9.21 Å². The third-order valence-corrected chi connectivity index (χ3v) is 4.62. The number of sulfonamides is 1. The van der Waals surface area contributed by atoms with Gasteiger partial charge in [-0.3, -0.25) is 4.79 Å². The molecule has 106 valence electrons. The van der Waals surface area contributed by atoms with Gasteiger partial charge in [-0.25, -0.2) is 8.42 Å². The van der Waals surface area contributed by atoms with Gasteiger partial charge in [-0.2, -0.15) is 4.31 Å². The Morgan fingerprint density at radius 2 is 2.06 bits per heavy atom. The second kappa shape index (κ2) is 5.99. The molecule has 1 unspecified atom stereocenters. The van der Waals surface area contributed by atoms with Gasteiger partial charge in [0.2, 0.25) is 15.9 Å². The van der Waals surface area contributed by atoms with Crippen molar-refractivity contribution in [3.8, 4) is 0 Å². The molecule has 2 N–H and O–H groups in total. The molecule has 2 atom stereocenters. The minimum absolute atomic E-state index is 0.0724. The van der Waals surface area contributed by atoms with E-state index in [0.29, 0.717) is 26.1 Å². The lowest BCUT2D eigenvalue weighted by atomic mass is 10.1. The molecular weight excluding hydrogens is 254 g/mol. The standard InChI is InChI=1S/C11H23N3O3S/c1-4-5-10(12)11(15)13-6-7-14(9(2)8-13)18(3,16)17/h9-10H,4-8,12H2,1-3H3/t9-,10?/m0/s1. The third-order valence-electron chi connectivity index (χ3n) is 3.22. The maximum absolute atomic E-state index is 12.0. The summed E-state index contributed by atoms with van der Waals surface area (Å²) in [7, 11) is -3.19. The van der Waals surface area contributed by atoms with Crippen molar-refractivity contribution in [2.24, 2.45) is 5.73 Å². The molecule has 0 aliphatic carbocycles. The van der Waals surface area contributed by atoms with Gasteiger partial charge in [0.1, 0.15) is 0 Å². The molecule has 6 nitrogen and oxygen atoms in total. The quantitative estimate of drug-likeness (QED) is 0.758. The van der Waals surface area contributed by atoms with E-state index >= 15 is 0 Å². The second-order valence-corrected chi connectivity index (χ2v) is 6.84. The maximum Gasteiger partial charge on any atom is 0.239 e. The molecule has 0 bridgehead atoms. The van der Waals surface area contributed by atoms with E-state index < -0.39 is 16.1 Å². The Labute approximate surface area is 109 Å². The number of nitrogens with two attached hydrogens (primary N) is 1. The topological polar surface area (TPSA) is 83.7 Å². The van der Waals surface area contributed by atoms with Crippen LogP contribution in [0.3, 0.4) is 0 Å². The smallest absolute Gasteiger partial charge is 0.239 e. The Morgan fingerprint density at radius 3 is 2.50 bits per heavy atom. The van der Waals surface area contributed by atoms with Gasteiger partial charge in [-0.1, -0.05) is 13.3 Å². The van der Waals surface area contributed by atoms with Crippen LogP contribution in [0.2, 0.25) is 0 Å². The van der Waals surface area contributed by atoms with Crippen LogP contribution in [0.4, 0.5) is 0 Å². The predicted octanol–water partition coefficient (Wildman–Crippen LogP) is -0.394. The van der Waals surface area contributed by atoms with Crippen molar-refractivity contribution < 1.29 is 13.2 Å². The molecule has 0 saturated carbocycles. The summed E-state index contributed by atoms with van der Waals surface area (Å²) in [6.45, 7) is 4.99. The number of carbonyl (C=O) groups is 1. The van der Waals surface area contributed by atoms with Gasteiger partial charge < -0.3 is 10.6 Å². The normalized spacial score (nSPS) is 24.0. The molecule has 1 rings (SSSR count). The first kappa shape index (κ1) is 15.4. The molecule has 7 heteroatoms. The molecule has 0 radical (unpaired) electrons. The number of piperazine rings is 1. The summed E-state index contributed by atoms with van der Waals surface area (Å²) in [5.41, 5.74) is 5.80. The third kappa shape index (κ3) is 3.66. The van der Waals surface area contributed by atoms with Gasteiger partial charge in [0, 0.05) is 25.7 Å². The van der Waals surface area contributed by atoms with Gasteiger partial charge in [0.25, 0.3) is 0 Å². The zero-order valence-electron chi connectivity index (χ0n) is 11.3. The van der Waals surface area contributed by atoms with E-state index in [2.05, 4.69) is 0 Å². The van der Waals surface area contributed by atoms with Crippen molar-refractivity contribution in [1.29, 1.82) is 0 Å². The van der Waals surface area contributed by atoms with Crippen LogP contribution in [0.5, 0.6) is 0 Å². The Kier molecular flexibility index (Phi) is 5.12. The lowest BCUT2D eigenvalue weighted by Gasteiger charge is -2.39. The fraction of sp³-hybridized carbons (Fsp3) is 0.909. The van der Waals surface area contributed by atoms with Crippen LogP contribution in [-0.2, 0) is 14.8 Å². The van der Waals surface area contributed by atoms with E-state index in [9.17, 15) is 13.2 Å². The molecule has 0 aromatic carbocycles. The van der Waals surface area contributed by atoms with Gasteiger partial charge in [0.05, 0.1) is 12.3 Å². The zero-order valence-corrected chi connectivity index (χ0v) is 12.1. The average Bonchev–Trinajstić information content (AvgIpc) is 2.26. The molecule has 1 amide bonds. The van der Waals surface area contributed by atoms with Crippen molar-refractivity contribution in [3.63, 3.8) is 0 Å². The number of nitrogens with zero attached hydrogens (tertiary/aromatic N) is 2. The largest absolute Gasteiger partial charge is 0.338 e. The summed E-state index contributed by atoms with van der Waals surface area (Å²) in [5, 5.41) is 0. The molecule has 0 spiro atoms. The first-order chi connectivity index (χ1) is 8.27. The average molecular weight is 277 g/mol. The second-order valence-electron chi connectivity index (χ2n) is 4.90. The predicted molar refractivity (Wildman–Crippen MR) is 70.5 cm³/mol. The van der Waals surface area contributed by atoms with E-state index in [1.807, 2.05) is 13.8 Å². The summed E-state index contributed by atoms with van der Waals surface area (Å²) < 4.78 is 24.4. The molecule has 1 saturated heterocycles. The highest BCUT2D eigenvalue weighted by Crippen LogP contribution is 2.14. The molecule has 1 aliphatic rings. The number of hydrogen-bond donors (Lipinski definition) is 1. The lowest BCUT2D eigenvalue weighted by molar-refractivity contribution is -0.134. The van der Waals surface area contributed by atoms with Gasteiger partial charge in [-0.05, 0) is 13.3 Å². The fourth-order valence-electron chi connectivity index (χ4n) is 2.30. The monoisotopic (exact) mass is 277 g/mol. The number of hydrogen-bond acceptors (Lipinski definition) is 4. The fourth-order valence-corrected chi connectivity index (χ4v) is 3.44. The number of rotatable bonds is 4. The van der Waals surface area contributed by atoms with Gasteiger partial charge in [-0.15, -0.1) is 0 Å². The minimum atomic E-state index is -3.19. The van der Waals surface area contributed by atoms with Crippen molar-refractivity contribution in [2.75, 3.05) is 25.9 Å². The van der Waals surface area contributed by atoms with Crippen LogP contribution < -0.4 is 5.73 Å². The summed E-state index contributed by atoms with van der Waals surface area (Å²) in [4.78, 5) is 13.7. The Hall–Kier alpha value is -0.660. The molecule has 0 aromatic heterocycles. The Morgan fingerprint density at radius 1 is 1.44 bits per heavy atom. The first-order valence-corrected chi connectivity index (χ1v) is 8.13. The minimum Gasteiger partial charge on any atom is -0.338 e. The first-order valence-electron chi connectivity index (χ1n) is 6.28. The molecule has 1 heterocycles. The molecule has 1 aliphatic heterocycles. The van der Waals surface area contributed by atoms with Crippen molar-refractivity contribution >= 4 is 15.9 Å². The molecular formula is C11H23N3O3S. The summed E-state index contributed by atoms with van der Waals surface area (Å²) in [5.74, 6) is -0.0724. The van der Waals surface area contributed by atoms with Gasteiger partial charge in [0.15, 0.2) is 0 Å². The highest BCUT2D eigenvalue weighted by Gasteiger charge is 2.33. The van der Waals surface area contributed by atoms with E-state index in [1.165, 1.54) is 10.6 Å². The van der Waals surface area contributed by atoms with Crippen LogP contribution in [0, 0.1) is 0 Å². The highest BCUT2D eigenvalue weighted by atomic mass is 32.2. The van der Waals surface area contributed by atoms with Crippen LogP contribution in [0.1, 0.15) is 26.7 Å². The maximum atomic E-state index is 12.0. The summed E-state index contributed by atoms with van der Waals surface area (Å²) >= 11 is 0. The zero-order chi connectivity index (χ0) is 13.9. The van der Waals surface area contributed by atoms with Crippen molar-refractivity contribution in [3.05, 3.63) is 0 Å². The van der Waals surface area contributed by atoms with E-state index in [0.717, 1.165) is 6.42 Å². The summed E-state index contributed by atoms with van der Waals surface area (Å²) in [6.07, 6.45) is 2.73. The number of carbonyl (C=O) groups excluding carboxylic acids is 1. The summed E-state index contributed by atoms with van der Waals surface area (Å²) in [6, 6.07) is -0.654. The van der Waals surface area contributed by atoms with E-state index in [1.54, 1.807) is 4.90 Å². The molecule has 0 aromatic rings. The van der Waals surface area contributed by atoms with Crippen LogP contribution >= 0.6 is 0 Å². The molecule has 1 fully saturated rings. The van der Waals surface area contributed by atoms with E-state index in [4.69, 9.17) is 5.73 Å². The van der Waals surface area contributed by atoms with Crippen LogP contribution in [0.15, 0.2) is 0 Å². The van der Waals surface area contributed by atoms with Crippen LogP contribution in [-0.4, -0.2) is 61.5 Å². The lowest BCUT2D eigenvalue weighted by Crippen LogP contribution is -2.57. The van der Waals surface area contributed by atoms with Crippen molar-refractivity contribution in [2.45, 2.75) is 38.8 Å². The van der Waals surface area contributed by atoms with E-state index in [-0.39, 0.29) is 11.9 Å². The SMILES string of the molecule is CCCC(N)C(=O)N1CCN(S(C)(=O)=O)[C@@H](C)C1. The molecule has 18 heavy (non-hydrogen) atoms.